The first-order valence-corrected chi connectivity index (χ1v) is 6.75. The number of nitriles is 1. The fraction of sp³-hybridized carbons (Fsp3) is 0.0909. The lowest BCUT2D eigenvalue weighted by Gasteiger charge is -2.10. The van der Waals surface area contributed by atoms with Crippen LogP contribution in [0.2, 0.25) is 0 Å². The van der Waals surface area contributed by atoms with E-state index in [9.17, 15) is 8.42 Å². The highest BCUT2D eigenvalue weighted by Gasteiger charge is 2.15. The summed E-state index contributed by atoms with van der Waals surface area (Å²) in [6.07, 6.45) is 2.98. The van der Waals surface area contributed by atoms with Crippen molar-refractivity contribution in [2.45, 2.75) is 4.90 Å². The summed E-state index contributed by atoms with van der Waals surface area (Å²) in [5.74, 6) is 0.130. The number of nitrogens with zero attached hydrogens (tertiary/aromatic N) is 3. The molecule has 0 aliphatic carbocycles. The molecular formula is C11H11N5O2S. The van der Waals surface area contributed by atoms with Gasteiger partial charge in [0.2, 0.25) is 15.8 Å². The molecule has 0 spiro atoms. The number of imidazole rings is 1. The summed E-state index contributed by atoms with van der Waals surface area (Å²) in [6, 6.07) is 6.17. The van der Waals surface area contributed by atoms with Crippen LogP contribution >= 0.6 is 0 Å². The summed E-state index contributed by atoms with van der Waals surface area (Å²) in [7, 11) is -2.25. The third-order valence-electron chi connectivity index (χ3n) is 2.58. The number of nitrogens with one attached hydrogen (secondary N) is 1. The fourth-order valence-electron chi connectivity index (χ4n) is 1.60. The van der Waals surface area contributed by atoms with Crippen LogP contribution in [0, 0.1) is 11.3 Å². The van der Waals surface area contributed by atoms with Crippen LogP contribution in [0.3, 0.4) is 0 Å². The van der Waals surface area contributed by atoms with Crippen molar-refractivity contribution in [3.8, 4) is 11.8 Å². The van der Waals surface area contributed by atoms with Gasteiger partial charge in [0, 0.05) is 12.4 Å². The van der Waals surface area contributed by atoms with Crippen LogP contribution in [0.1, 0.15) is 5.82 Å². The lowest BCUT2D eigenvalue weighted by Crippen LogP contribution is -2.19. The first-order chi connectivity index (χ1) is 8.99. The lowest BCUT2D eigenvalue weighted by molar-refractivity contribution is 0.588. The highest BCUT2D eigenvalue weighted by Crippen LogP contribution is 2.22. The van der Waals surface area contributed by atoms with Crippen LogP contribution in [-0.2, 0) is 10.0 Å². The molecule has 0 saturated carbocycles. The fourth-order valence-corrected chi connectivity index (χ4v) is 2.35. The van der Waals surface area contributed by atoms with Gasteiger partial charge in [-0.1, -0.05) is 0 Å². The lowest BCUT2D eigenvalue weighted by atomic mass is 10.2. The molecule has 7 nitrogen and oxygen atoms in total. The van der Waals surface area contributed by atoms with Crippen molar-refractivity contribution >= 4 is 15.7 Å². The van der Waals surface area contributed by atoms with Crippen LogP contribution in [0.25, 0.3) is 5.69 Å². The molecule has 1 heterocycles. The monoisotopic (exact) mass is 277 g/mol. The molecule has 2 aromatic rings. The predicted molar refractivity (Wildman–Crippen MR) is 68.9 cm³/mol. The number of nitrogen functional groups attached to an aromatic ring is 1. The quantitative estimate of drug-likeness (QED) is 0.780. The minimum atomic E-state index is -3.57. The first kappa shape index (κ1) is 13.1. The van der Waals surface area contributed by atoms with Crippen molar-refractivity contribution in [1.82, 2.24) is 14.3 Å². The summed E-state index contributed by atoms with van der Waals surface area (Å²) in [6.45, 7) is 0. The predicted octanol–water partition coefficient (Wildman–Crippen LogP) is 0.234. The Morgan fingerprint density at radius 2 is 2.21 bits per heavy atom. The summed E-state index contributed by atoms with van der Waals surface area (Å²) in [5.41, 5.74) is 6.56. The van der Waals surface area contributed by atoms with Crippen molar-refractivity contribution in [3.63, 3.8) is 0 Å². The third-order valence-corrected chi connectivity index (χ3v) is 3.99. The standard InChI is InChI=1S/C11H11N5O2S/c1-14-19(17,18)8-2-3-9(13)10(6-8)16-5-4-15-11(16)7-12/h2-6,14H,13H2,1H3. The molecule has 0 bridgehead atoms. The number of aromatic nitrogens is 2. The topological polar surface area (TPSA) is 114 Å². The Kier molecular flexibility index (Phi) is 3.25. The normalized spacial score (nSPS) is 11.2. The van der Waals surface area contributed by atoms with Gasteiger partial charge in [-0.3, -0.25) is 4.57 Å². The second kappa shape index (κ2) is 4.72. The molecule has 0 amide bonds. The highest BCUT2D eigenvalue weighted by molar-refractivity contribution is 7.89. The van der Waals surface area contributed by atoms with Gasteiger partial charge in [-0.2, -0.15) is 5.26 Å². The minimum Gasteiger partial charge on any atom is -0.397 e. The zero-order valence-corrected chi connectivity index (χ0v) is 10.8. The van der Waals surface area contributed by atoms with Gasteiger partial charge in [-0.05, 0) is 25.2 Å². The molecule has 0 aliphatic heterocycles. The molecule has 0 aliphatic rings. The van der Waals surface area contributed by atoms with Gasteiger partial charge in [-0.25, -0.2) is 18.1 Å². The van der Waals surface area contributed by atoms with Crippen molar-refractivity contribution in [3.05, 3.63) is 36.4 Å². The maximum Gasteiger partial charge on any atom is 0.240 e. The zero-order chi connectivity index (χ0) is 14.0. The summed E-state index contributed by atoms with van der Waals surface area (Å²) in [5, 5.41) is 8.93. The average Bonchev–Trinajstić information content (AvgIpc) is 2.87. The number of rotatable bonds is 3. The molecule has 0 atom stereocenters. The van der Waals surface area contributed by atoms with Crippen molar-refractivity contribution in [2.75, 3.05) is 12.8 Å². The largest absolute Gasteiger partial charge is 0.397 e. The van der Waals surface area contributed by atoms with E-state index in [1.165, 1.54) is 36.0 Å². The molecule has 1 aromatic carbocycles. The van der Waals surface area contributed by atoms with Gasteiger partial charge < -0.3 is 5.73 Å². The molecule has 3 N–H and O–H groups in total. The SMILES string of the molecule is CNS(=O)(=O)c1ccc(N)c(-n2ccnc2C#N)c1. The van der Waals surface area contributed by atoms with Crippen LogP contribution in [-0.4, -0.2) is 25.0 Å². The Labute approximate surface area is 110 Å². The maximum absolute atomic E-state index is 11.7. The van der Waals surface area contributed by atoms with Crippen molar-refractivity contribution in [1.29, 1.82) is 5.26 Å². The number of benzene rings is 1. The minimum absolute atomic E-state index is 0.0665. The molecule has 0 unspecified atom stereocenters. The van der Waals surface area contributed by atoms with Crippen molar-refractivity contribution in [2.24, 2.45) is 0 Å². The van der Waals surface area contributed by atoms with E-state index in [2.05, 4.69) is 9.71 Å². The van der Waals surface area contributed by atoms with Crippen LogP contribution in [0.4, 0.5) is 5.69 Å². The Morgan fingerprint density at radius 1 is 1.47 bits per heavy atom. The van der Waals surface area contributed by atoms with E-state index in [4.69, 9.17) is 11.0 Å². The molecular weight excluding hydrogens is 266 g/mol. The zero-order valence-electron chi connectivity index (χ0n) is 10.0. The number of hydrogen-bond donors (Lipinski definition) is 2. The van der Waals surface area contributed by atoms with E-state index in [0.29, 0.717) is 11.4 Å². The summed E-state index contributed by atoms with van der Waals surface area (Å²) in [4.78, 5) is 3.91. The Hall–Kier alpha value is -2.37. The third kappa shape index (κ3) is 2.29. The Bertz CT molecular complexity index is 758. The summed E-state index contributed by atoms with van der Waals surface area (Å²) >= 11 is 0. The Morgan fingerprint density at radius 3 is 2.84 bits per heavy atom. The number of nitrogens with two attached hydrogens (primary N) is 1. The van der Waals surface area contributed by atoms with Gasteiger partial charge >= 0.3 is 0 Å². The van der Waals surface area contributed by atoms with E-state index in [-0.39, 0.29) is 10.7 Å². The van der Waals surface area contributed by atoms with Gasteiger partial charge in [0.1, 0.15) is 6.07 Å². The van der Waals surface area contributed by atoms with E-state index >= 15 is 0 Å². The molecule has 8 heteroatoms. The van der Waals surface area contributed by atoms with Crippen LogP contribution in [0.15, 0.2) is 35.5 Å². The number of sulfonamides is 1. The molecule has 0 saturated heterocycles. The van der Waals surface area contributed by atoms with E-state index in [1.807, 2.05) is 6.07 Å². The van der Waals surface area contributed by atoms with Crippen LogP contribution < -0.4 is 10.5 Å². The molecule has 0 fully saturated rings. The average molecular weight is 277 g/mol. The van der Waals surface area contributed by atoms with E-state index < -0.39 is 10.0 Å². The van der Waals surface area contributed by atoms with E-state index in [0.717, 1.165) is 0 Å². The molecule has 2 rings (SSSR count). The maximum atomic E-state index is 11.7. The summed E-state index contributed by atoms with van der Waals surface area (Å²) < 4.78 is 27.1. The first-order valence-electron chi connectivity index (χ1n) is 5.26. The second-order valence-corrected chi connectivity index (χ2v) is 5.55. The van der Waals surface area contributed by atoms with Gasteiger partial charge in [0.05, 0.1) is 16.3 Å². The second-order valence-electron chi connectivity index (χ2n) is 3.66. The van der Waals surface area contributed by atoms with Gasteiger partial charge in [-0.15, -0.1) is 0 Å². The Balaban J connectivity index is 2.66. The van der Waals surface area contributed by atoms with Crippen LogP contribution in [0.5, 0.6) is 0 Å². The highest BCUT2D eigenvalue weighted by atomic mass is 32.2. The molecule has 0 radical (unpaired) electrons. The molecule has 19 heavy (non-hydrogen) atoms. The number of hydrogen-bond acceptors (Lipinski definition) is 5. The van der Waals surface area contributed by atoms with Gasteiger partial charge in [0.15, 0.2) is 0 Å². The smallest absolute Gasteiger partial charge is 0.240 e. The van der Waals surface area contributed by atoms with Gasteiger partial charge in [0.25, 0.3) is 0 Å². The number of anilines is 1. The van der Waals surface area contributed by atoms with E-state index in [1.54, 1.807) is 6.20 Å². The molecule has 98 valence electrons. The molecule has 1 aromatic heterocycles. The van der Waals surface area contributed by atoms with Crippen molar-refractivity contribution < 1.29 is 8.42 Å².